The summed E-state index contributed by atoms with van der Waals surface area (Å²) in [6.07, 6.45) is 7.92. The van der Waals surface area contributed by atoms with Crippen LogP contribution >= 0.6 is 15.9 Å². The molecular formula is C19H19BrO2. The molecule has 2 rings (SSSR count). The lowest BCUT2D eigenvalue weighted by Gasteiger charge is -2.08. The van der Waals surface area contributed by atoms with E-state index >= 15 is 0 Å². The molecule has 0 amide bonds. The number of aryl methyl sites for hydroxylation is 1. The van der Waals surface area contributed by atoms with Gasteiger partial charge < -0.3 is 9.47 Å². The number of hydrogen-bond donors (Lipinski definition) is 0. The number of rotatable bonds is 8. The maximum atomic E-state index is 5.82. The van der Waals surface area contributed by atoms with Crippen molar-refractivity contribution in [1.29, 1.82) is 0 Å². The van der Waals surface area contributed by atoms with E-state index in [9.17, 15) is 0 Å². The minimum Gasteiger partial charge on any atom is -0.494 e. The summed E-state index contributed by atoms with van der Waals surface area (Å²) in [5.41, 5.74) is 1.22. The second-order valence-electron chi connectivity index (χ2n) is 4.81. The summed E-state index contributed by atoms with van der Waals surface area (Å²) < 4.78 is 11.4. The van der Waals surface area contributed by atoms with Crippen LogP contribution in [0.1, 0.15) is 18.4 Å². The van der Waals surface area contributed by atoms with Crippen molar-refractivity contribution in [3.8, 4) is 29.6 Å². The zero-order valence-corrected chi connectivity index (χ0v) is 14.0. The molecule has 0 N–H and O–H groups in total. The minimum atomic E-state index is 0.713. The van der Waals surface area contributed by atoms with Crippen LogP contribution in [-0.2, 0) is 6.42 Å². The molecular weight excluding hydrogens is 340 g/mol. The van der Waals surface area contributed by atoms with Gasteiger partial charge in [-0.3, -0.25) is 0 Å². The normalized spacial score (nSPS) is 10.0. The molecule has 0 heterocycles. The molecule has 0 saturated heterocycles. The quantitative estimate of drug-likeness (QED) is 0.366. The molecule has 2 nitrogen and oxygen atoms in total. The first-order valence-electron chi connectivity index (χ1n) is 7.31. The van der Waals surface area contributed by atoms with Crippen molar-refractivity contribution in [2.24, 2.45) is 0 Å². The Labute approximate surface area is 140 Å². The van der Waals surface area contributed by atoms with Crippen molar-refractivity contribution in [2.45, 2.75) is 19.3 Å². The largest absolute Gasteiger partial charge is 0.494 e. The monoisotopic (exact) mass is 358 g/mol. The first kappa shape index (κ1) is 16.5. The van der Waals surface area contributed by atoms with Gasteiger partial charge in [-0.1, -0.05) is 28.1 Å². The SMILES string of the molecule is C#CCCc1ccc(Oc2ccc(OCCCBr)cc2)cc1. The highest BCUT2D eigenvalue weighted by atomic mass is 79.9. The van der Waals surface area contributed by atoms with Gasteiger partial charge in [0, 0.05) is 11.8 Å². The lowest BCUT2D eigenvalue weighted by molar-refractivity contribution is 0.318. The summed E-state index contributed by atoms with van der Waals surface area (Å²) >= 11 is 3.38. The molecule has 0 aliphatic rings. The van der Waals surface area contributed by atoms with Gasteiger partial charge in [0.2, 0.25) is 0 Å². The number of alkyl halides is 1. The summed E-state index contributed by atoms with van der Waals surface area (Å²) in [6.45, 7) is 0.713. The molecule has 0 aromatic heterocycles. The molecule has 0 unspecified atom stereocenters. The van der Waals surface area contributed by atoms with Crippen LogP contribution in [0.15, 0.2) is 48.5 Å². The van der Waals surface area contributed by atoms with Crippen LogP contribution in [0.3, 0.4) is 0 Å². The van der Waals surface area contributed by atoms with E-state index in [1.165, 1.54) is 5.56 Å². The van der Waals surface area contributed by atoms with Crippen LogP contribution in [0.25, 0.3) is 0 Å². The van der Waals surface area contributed by atoms with Crippen LogP contribution in [0, 0.1) is 12.3 Å². The second-order valence-corrected chi connectivity index (χ2v) is 5.61. The molecule has 2 aromatic carbocycles. The van der Waals surface area contributed by atoms with E-state index in [1.54, 1.807) is 0 Å². The van der Waals surface area contributed by atoms with E-state index in [2.05, 4.69) is 21.9 Å². The number of ether oxygens (including phenoxy) is 2. The Hall–Kier alpha value is -1.92. The van der Waals surface area contributed by atoms with E-state index in [0.717, 1.165) is 41.8 Å². The third-order valence-corrected chi connectivity index (χ3v) is 3.65. The topological polar surface area (TPSA) is 18.5 Å². The van der Waals surface area contributed by atoms with E-state index in [4.69, 9.17) is 15.9 Å². The zero-order chi connectivity index (χ0) is 15.6. The Morgan fingerprint density at radius 1 is 0.909 bits per heavy atom. The van der Waals surface area contributed by atoms with Gasteiger partial charge in [-0.15, -0.1) is 12.3 Å². The highest BCUT2D eigenvalue weighted by Crippen LogP contribution is 2.24. The maximum absolute atomic E-state index is 5.82. The summed E-state index contributed by atoms with van der Waals surface area (Å²) in [5.74, 6) is 5.12. The Kier molecular flexibility index (Phi) is 6.86. The highest BCUT2D eigenvalue weighted by molar-refractivity contribution is 9.09. The second kappa shape index (κ2) is 9.17. The highest BCUT2D eigenvalue weighted by Gasteiger charge is 2.00. The summed E-state index contributed by atoms with van der Waals surface area (Å²) in [4.78, 5) is 0. The summed E-state index contributed by atoms with van der Waals surface area (Å²) in [7, 11) is 0. The molecule has 3 heteroatoms. The van der Waals surface area contributed by atoms with Crippen LogP contribution in [0.5, 0.6) is 17.2 Å². The fourth-order valence-corrected chi connectivity index (χ4v) is 2.15. The molecule has 0 spiro atoms. The van der Waals surface area contributed by atoms with Crippen LogP contribution in [0.4, 0.5) is 0 Å². The Morgan fingerprint density at radius 2 is 1.50 bits per heavy atom. The van der Waals surface area contributed by atoms with Crippen LogP contribution in [-0.4, -0.2) is 11.9 Å². The molecule has 0 bridgehead atoms. The van der Waals surface area contributed by atoms with Gasteiger partial charge in [0.15, 0.2) is 0 Å². The Bertz CT molecular complexity index is 597. The molecule has 0 radical (unpaired) electrons. The molecule has 0 fully saturated rings. The van der Waals surface area contributed by atoms with Gasteiger partial charge in [0.25, 0.3) is 0 Å². The predicted octanol–water partition coefficient (Wildman–Crippen LogP) is 5.21. The fourth-order valence-electron chi connectivity index (χ4n) is 1.93. The van der Waals surface area contributed by atoms with E-state index in [1.807, 2.05) is 48.5 Å². The Morgan fingerprint density at radius 3 is 2.09 bits per heavy atom. The molecule has 22 heavy (non-hydrogen) atoms. The van der Waals surface area contributed by atoms with Crippen molar-refractivity contribution in [1.82, 2.24) is 0 Å². The van der Waals surface area contributed by atoms with Crippen molar-refractivity contribution >= 4 is 15.9 Å². The molecule has 0 aliphatic heterocycles. The van der Waals surface area contributed by atoms with Crippen LogP contribution < -0.4 is 9.47 Å². The predicted molar refractivity (Wildman–Crippen MR) is 94.0 cm³/mol. The van der Waals surface area contributed by atoms with Crippen LogP contribution in [0.2, 0.25) is 0 Å². The molecule has 0 atom stereocenters. The molecule has 114 valence electrons. The Balaban J connectivity index is 1.89. The summed E-state index contributed by atoms with van der Waals surface area (Å²) in [5, 5.41) is 0.950. The average Bonchev–Trinajstić information content (AvgIpc) is 2.56. The van der Waals surface area contributed by atoms with Crippen molar-refractivity contribution in [3.63, 3.8) is 0 Å². The fraction of sp³-hybridized carbons (Fsp3) is 0.263. The lowest BCUT2D eigenvalue weighted by Crippen LogP contribution is -1.97. The van der Waals surface area contributed by atoms with Gasteiger partial charge in [-0.2, -0.15) is 0 Å². The minimum absolute atomic E-state index is 0.713. The average molecular weight is 359 g/mol. The zero-order valence-electron chi connectivity index (χ0n) is 12.4. The third-order valence-electron chi connectivity index (χ3n) is 3.09. The lowest BCUT2D eigenvalue weighted by atomic mass is 10.1. The van der Waals surface area contributed by atoms with Crippen molar-refractivity contribution < 1.29 is 9.47 Å². The number of benzene rings is 2. The van der Waals surface area contributed by atoms with E-state index in [0.29, 0.717) is 6.61 Å². The smallest absolute Gasteiger partial charge is 0.127 e. The van der Waals surface area contributed by atoms with E-state index < -0.39 is 0 Å². The van der Waals surface area contributed by atoms with E-state index in [-0.39, 0.29) is 0 Å². The molecule has 2 aromatic rings. The van der Waals surface area contributed by atoms with Crippen molar-refractivity contribution in [3.05, 3.63) is 54.1 Å². The standard InChI is InChI=1S/C19H19BrO2/c1-2-3-5-16-6-8-18(9-7-16)22-19-12-10-17(11-13-19)21-15-4-14-20/h1,6-13H,3-5,14-15H2. The van der Waals surface area contributed by atoms with Gasteiger partial charge in [-0.05, 0) is 54.8 Å². The van der Waals surface area contributed by atoms with Gasteiger partial charge >= 0.3 is 0 Å². The first-order valence-corrected chi connectivity index (χ1v) is 8.43. The number of halogens is 1. The first-order chi connectivity index (χ1) is 10.8. The van der Waals surface area contributed by atoms with Gasteiger partial charge in [-0.25, -0.2) is 0 Å². The molecule has 0 saturated carbocycles. The molecule has 0 aliphatic carbocycles. The van der Waals surface area contributed by atoms with Gasteiger partial charge in [0.1, 0.15) is 17.2 Å². The van der Waals surface area contributed by atoms with Gasteiger partial charge in [0.05, 0.1) is 6.61 Å². The number of hydrogen-bond acceptors (Lipinski definition) is 2. The maximum Gasteiger partial charge on any atom is 0.127 e. The number of terminal acetylenes is 1. The summed E-state index contributed by atoms with van der Waals surface area (Å²) in [6, 6.07) is 15.7. The third kappa shape index (κ3) is 5.46. The van der Waals surface area contributed by atoms with Crippen molar-refractivity contribution in [2.75, 3.05) is 11.9 Å².